The van der Waals surface area contributed by atoms with E-state index in [0.717, 1.165) is 18.4 Å². The maximum atomic E-state index is 12.4. The molecule has 2 N–H and O–H groups in total. The van der Waals surface area contributed by atoms with Crippen LogP contribution in [0.2, 0.25) is 0 Å². The van der Waals surface area contributed by atoms with Gasteiger partial charge in [-0.15, -0.1) is 0 Å². The molecule has 2 fully saturated rings. The van der Waals surface area contributed by atoms with Crippen molar-refractivity contribution in [2.75, 3.05) is 6.54 Å². The molecular weight excluding hydrogens is 268 g/mol. The van der Waals surface area contributed by atoms with Crippen molar-refractivity contribution in [2.24, 2.45) is 7.05 Å². The number of nitrogens with zero attached hydrogens (tertiary/aromatic N) is 3. The molecule has 21 heavy (non-hydrogen) atoms. The molecule has 6 nitrogen and oxygen atoms in total. The Hall–Kier alpha value is -1.56. The minimum atomic E-state index is -0.445. The number of aliphatic hydroxyl groups is 1. The quantitative estimate of drug-likeness (QED) is 0.875. The number of carbonyl (C=O) groups is 1. The first-order chi connectivity index (χ1) is 10.1. The van der Waals surface area contributed by atoms with Gasteiger partial charge in [-0.3, -0.25) is 4.68 Å². The second-order valence-corrected chi connectivity index (χ2v) is 6.27. The van der Waals surface area contributed by atoms with Crippen LogP contribution in [-0.4, -0.2) is 50.6 Å². The van der Waals surface area contributed by atoms with E-state index in [0.29, 0.717) is 25.4 Å². The minimum absolute atomic E-state index is 0.0210. The number of hydrogen-bond acceptors (Lipinski definition) is 3. The molecular formula is C15H24N4O2. The summed E-state index contributed by atoms with van der Waals surface area (Å²) >= 11 is 0. The van der Waals surface area contributed by atoms with Crippen molar-refractivity contribution in [2.45, 2.75) is 56.7 Å². The molecule has 1 saturated heterocycles. The first-order valence-electron chi connectivity index (χ1n) is 7.86. The molecule has 3 rings (SSSR count). The SMILES string of the molecule is Cn1cc(C[C@@H]2[C@@H](O)CCN2C(=O)NC2CCCC2)cn1. The van der Waals surface area contributed by atoms with Crippen LogP contribution in [0.3, 0.4) is 0 Å². The summed E-state index contributed by atoms with van der Waals surface area (Å²) in [6, 6.07) is 0.150. The fraction of sp³-hybridized carbons (Fsp3) is 0.733. The first-order valence-corrected chi connectivity index (χ1v) is 7.86. The van der Waals surface area contributed by atoms with Gasteiger partial charge in [0, 0.05) is 25.8 Å². The summed E-state index contributed by atoms with van der Waals surface area (Å²) in [4.78, 5) is 14.2. The molecule has 116 valence electrons. The lowest BCUT2D eigenvalue weighted by Crippen LogP contribution is -2.48. The Morgan fingerprint density at radius 2 is 2.19 bits per heavy atom. The second-order valence-electron chi connectivity index (χ2n) is 6.27. The van der Waals surface area contributed by atoms with Crippen LogP contribution in [-0.2, 0) is 13.5 Å². The topological polar surface area (TPSA) is 70.4 Å². The maximum Gasteiger partial charge on any atom is 0.317 e. The van der Waals surface area contributed by atoms with Gasteiger partial charge in [0.05, 0.1) is 18.3 Å². The third-order valence-corrected chi connectivity index (χ3v) is 4.66. The van der Waals surface area contributed by atoms with Crippen molar-refractivity contribution in [3.05, 3.63) is 18.0 Å². The number of urea groups is 1. The highest BCUT2D eigenvalue weighted by Crippen LogP contribution is 2.23. The molecule has 6 heteroatoms. The molecule has 0 spiro atoms. The molecule has 2 aliphatic rings. The number of carbonyl (C=O) groups excluding carboxylic acids is 1. The van der Waals surface area contributed by atoms with Gasteiger partial charge in [0.15, 0.2) is 0 Å². The van der Waals surface area contributed by atoms with Crippen molar-refractivity contribution in [3.8, 4) is 0 Å². The highest BCUT2D eigenvalue weighted by Gasteiger charge is 2.36. The van der Waals surface area contributed by atoms with Gasteiger partial charge in [-0.2, -0.15) is 5.10 Å². The zero-order valence-electron chi connectivity index (χ0n) is 12.5. The van der Waals surface area contributed by atoms with Gasteiger partial charge < -0.3 is 15.3 Å². The van der Waals surface area contributed by atoms with Crippen molar-refractivity contribution in [1.29, 1.82) is 0 Å². The van der Waals surface area contributed by atoms with Gasteiger partial charge in [-0.1, -0.05) is 12.8 Å². The highest BCUT2D eigenvalue weighted by molar-refractivity contribution is 5.75. The number of amides is 2. The maximum absolute atomic E-state index is 12.4. The van der Waals surface area contributed by atoms with Crippen molar-refractivity contribution < 1.29 is 9.90 Å². The Morgan fingerprint density at radius 3 is 2.86 bits per heavy atom. The smallest absolute Gasteiger partial charge is 0.317 e. The van der Waals surface area contributed by atoms with Crippen LogP contribution in [0.25, 0.3) is 0 Å². The van der Waals surface area contributed by atoms with Gasteiger partial charge in [-0.05, 0) is 31.2 Å². The predicted molar refractivity (Wildman–Crippen MR) is 78.8 cm³/mol. The van der Waals surface area contributed by atoms with Gasteiger partial charge in [0.1, 0.15) is 0 Å². The van der Waals surface area contributed by atoms with Crippen molar-refractivity contribution in [1.82, 2.24) is 20.0 Å². The Balaban J connectivity index is 1.63. The predicted octanol–water partition coefficient (Wildman–Crippen LogP) is 1.05. The van der Waals surface area contributed by atoms with E-state index in [1.165, 1.54) is 12.8 Å². The molecule has 0 bridgehead atoms. The van der Waals surface area contributed by atoms with Gasteiger partial charge in [0.2, 0.25) is 0 Å². The standard InChI is InChI=1S/C15H24N4O2/c1-18-10-11(9-16-18)8-13-14(20)6-7-19(13)15(21)17-12-4-2-3-5-12/h9-10,12-14,20H,2-8H2,1H3,(H,17,21)/t13-,14+/m1/s1. The summed E-state index contributed by atoms with van der Waals surface area (Å²) in [7, 11) is 1.87. The van der Waals surface area contributed by atoms with Gasteiger partial charge in [0.25, 0.3) is 0 Å². The van der Waals surface area contributed by atoms with E-state index in [2.05, 4.69) is 10.4 Å². The summed E-state index contributed by atoms with van der Waals surface area (Å²) in [6.45, 7) is 0.630. The monoisotopic (exact) mass is 292 g/mol. The average molecular weight is 292 g/mol. The average Bonchev–Trinajstić information content (AvgIpc) is 3.15. The van der Waals surface area contributed by atoms with Crippen LogP contribution in [0.1, 0.15) is 37.7 Å². The molecule has 2 amide bonds. The highest BCUT2D eigenvalue weighted by atomic mass is 16.3. The molecule has 1 aromatic heterocycles. The van der Waals surface area contributed by atoms with Crippen molar-refractivity contribution in [3.63, 3.8) is 0 Å². The lowest BCUT2D eigenvalue weighted by molar-refractivity contribution is 0.121. The van der Waals surface area contributed by atoms with E-state index in [4.69, 9.17) is 0 Å². The second kappa shape index (κ2) is 6.05. The number of aliphatic hydroxyl groups excluding tert-OH is 1. The van der Waals surface area contributed by atoms with Crippen LogP contribution >= 0.6 is 0 Å². The number of hydrogen-bond donors (Lipinski definition) is 2. The molecule has 2 heterocycles. The van der Waals surface area contributed by atoms with E-state index in [1.54, 1.807) is 15.8 Å². The van der Waals surface area contributed by atoms with Crippen LogP contribution in [0.15, 0.2) is 12.4 Å². The van der Waals surface area contributed by atoms with Crippen LogP contribution in [0, 0.1) is 0 Å². The third-order valence-electron chi connectivity index (χ3n) is 4.66. The molecule has 1 saturated carbocycles. The normalized spacial score (nSPS) is 26.5. The van der Waals surface area contributed by atoms with Crippen molar-refractivity contribution >= 4 is 6.03 Å². The number of aryl methyl sites for hydroxylation is 1. The summed E-state index contributed by atoms with van der Waals surface area (Å²) in [5.41, 5.74) is 1.06. The van der Waals surface area contributed by atoms with E-state index < -0.39 is 6.10 Å². The summed E-state index contributed by atoms with van der Waals surface area (Å²) in [6.07, 6.45) is 9.18. The minimum Gasteiger partial charge on any atom is -0.391 e. The zero-order chi connectivity index (χ0) is 14.8. The first kappa shape index (κ1) is 14.4. The Morgan fingerprint density at radius 1 is 1.43 bits per heavy atom. The lowest BCUT2D eigenvalue weighted by atomic mass is 10.0. The van der Waals surface area contributed by atoms with Crippen LogP contribution in [0.4, 0.5) is 4.79 Å². The molecule has 1 aromatic rings. The molecule has 1 aliphatic heterocycles. The van der Waals surface area contributed by atoms with Crippen LogP contribution in [0.5, 0.6) is 0 Å². The number of aromatic nitrogens is 2. The Kier molecular flexibility index (Phi) is 4.14. The Bertz CT molecular complexity index is 496. The third kappa shape index (κ3) is 3.20. The molecule has 0 radical (unpaired) electrons. The summed E-state index contributed by atoms with van der Waals surface area (Å²) in [5.74, 6) is 0. The zero-order valence-corrected chi connectivity index (χ0v) is 12.5. The van der Waals surface area contributed by atoms with Crippen LogP contribution < -0.4 is 5.32 Å². The largest absolute Gasteiger partial charge is 0.391 e. The Labute approximate surface area is 125 Å². The summed E-state index contributed by atoms with van der Waals surface area (Å²) < 4.78 is 1.75. The van der Waals surface area contributed by atoms with E-state index >= 15 is 0 Å². The fourth-order valence-corrected chi connectivity index (χ4v) is 3.48. The van der Waals surface area contributed by atoms with Gasteiger partial charge >= 0.3 is 6.03 Å². The molecule has 2 atom stereocenters. The van der Waals surface area contributed by atoms with E-state index in [1.807, 2.05) is 13.2 Å². The van der Waals surface area contributed by atoms with E-state index in [-0.39, 0.29) is 12.1 Å². The molecule has 0 unspecified atom stereocenters. The molecule has 0 aromatic carbocycles. The van der Waals surface area contributed by atoms with Gasteiger partial charge in [-0.25, -0.2) is 4.79 Å². The lowest BCUT2D eigenvalue weighted by Gasteiger charge is -2.27. The van der Waals surface area contributed by atoms with E-state index in [9.17, 15) is 9.90 Å². The summed E-state index contributed by atoms with van der Waals surface area (Å²) in [5, 5.41) is 17.5. The number of likely N-dealkylation sites (tertiary alicyclic amines) is 1. The fourth-order valence-electron chi connectivity index (χ4n) is 3.48. The number of rotatable bonds is 3. The number of nitrogens with one attached hydrogen (secondary N) is 1. The molecule has 1 aliphatic carbocycles.